The van der Waals surface area contributed by atoms with E-state index in [1.54, 1.807) is 0 Å². The van der Waals surface area contributed by atoms with Crippen molar-refractivity contribution < 1.29 is 4.79 Å². The fourth-order valence-electron chi connectivity index (χ4n) is 3.81. The minimum atomic E-state index is 0.293. The Labute approximate surface area is 119 Å². The first-order valence-corrected chi connectivity index (χ1v) is 7.70. The lowest BCUT2D eigenvalue weighted by molar-refractivity contribution is -0.136. The highest BCUT2D eigenvalue weighted by molar-refractivity contribution is 5.86. The van der Waals surface area contributed by atoms with Gasteiger partial charge in [-0.1, -0.05) is 31.0 Å². The van der Waals surface area contributed by atoms with Gasteiger partial charge in [0.25, 0.3) is 0 Å². The Morgan fingerprint density at radius 3 is 2.85 bits per heavy atom. The van der Waals surface area contributed by atoms with Crippen LogP contribution in [0.15, 0.2) is 24.3 Å². The van der Waals surface area contributed by atoms with Gasteiger partial charge in [0.05, 0.1) is 6.54 Å². The summed E-state index contributed by atoms with van der Waals surface area (Å²) in [5, 5.41) is 1.33. The summed E-state index contributed by atoms with van der Waals surface area (Å²) < 4.78 is 0. The molecule has 20 heavy (non-hydrogen) atoms. The second kappa shape index (κ2) is 4.65. The second-order valence-electron chi connectivity index (χ2n) is 6.12. The van der Waals surface area contributed by atoms with E-state index in [1.807, 2.05) is 0 Å². The molecule has 0 radical (unpaired) electrons. The van der Waals surface area contributed by atoms with Gasteiger partial charge in [-0.3, -0.25) is 4.79 Å². The molecule has 3 nitrogen and oxygen atoms in total. The van der Waals surface area contributed by atoms with Crippen molar-refractivity contribution in [3.05, 3.63) is 35.5 Å². The van der Waals surface area contributed by atoms with Crippen LogP contribution in [0.1, 0.15) is 36.9 Å². The summed E-state index contributed by atoms with van der Waals surface area (Å²) in [4.78, 5) is 18.1. The van der Waals surface area contributed by atoms with Crippen molar-refractivity contribution in [3.8, 4) is 0 Å². The van der Waals surface area contributed by atoms with E-state index in [-0.39, 0.29) is 0 Å². The van der Waals surface area contributed by atoms with Crippen molar-refractivity contribution in [1.29, 1.82) is 0 Å². The molecule has 1 aromatic carbocycles. The second-order valence-corrected chi connectivity index (χ2v) is 6.12. The molecule has 2 aliphatic rings. The molecular formula is C17H20N2O. The summed E-state index contributed by atoms with van der Waals surface area (Å²) in [6.45, 7) is 1.64. The molecule has 1 aliphatic carbocycles. The fourth-order valence-corrected chi connectivity index (χ4v) is 3.81. The van der Waals surface area contributed by atoms with Crippen LogP contribution in [0.2, 0.25) is 0 Å². The molecule has 0 bridgehead atoms. The number of hydrogen-bond acceptors (Lipinski definition) is 1. The largest absolute Gasteiger partial charge is 0.357 e. The molecule has 2 aromatic rings. The van der Waals surface area contributed by atoms with Gasteiger partial charge in [-0.25, -0.2) is 0 Å². The van der Waals surface area contributed by atoms with E-state index in [9.17, 15) is 4.79 Å². The number of carbonyl (C=O) groups is 1. The van der Waals surface area contributed by atoms with E-state index in [4.69, 9.17) is 0 Å². The maximum atomic E-state index is 12.5. The minimum absolute atomic E-state index is 0.293. The number of para-hydroxylation sites is 1. The number of fused-ring (bicyclic) bond motifs is 3. The topological polar surface area (TPSA) is 36.1 Å². The van der Waals surface area contributed by atoms with Crippen LogP contribution < -0.4 is 0 Å². The SMILES string of the molecule is O=C(C1CCCC1)N1CCc2c([nH]c3ccccc23)C1. The minimum Gasteiger partial charge on any atom is -0.357 e. The molecule has 3 heteroatoms. The smallest absolute Gasteiger partial charge is 0.226 e. The Morgan fingerprint density at radius 2 is 2.00 bits per heavy atom. The summed E-state index contributed by atoms with van der Waals surface area (Å²) >= 11 is 0. The zero-order valence-electron chi connectivity index (χ0n) is 11.7. The summed E-state index contributed by atoms with van der Waals surface area (Å²) in [6.07, 6.45) is 5.62. The van der Waals surface area contributed by atoms with E-state index in [2.05, 4.69) is 34.1 Å². The number of aromatic amines is 1. The van der Waals surface area contributed by atoms with Gasteiger partial charge in [0, 0.05) is 29.1 Å². The third-order valence-electron chi connectivity index (χ3n) is 4.90. The molecule has 1 amide bonds. The molecule has 1 saturated carbocycles. The van der Waals surface area contributed by atoms with Crippen molar-refractivity contribution in [1.82, 2.24) is 9.88 Å². The van der Waals surface area contributed by atoms with Crippen molar-refractivity contribution >= 4 is 16.8 Å². The molecule has 0 saturated heterocycles. The predicted octanol–water partition coefficient (Wildman–Crippen LogP) is 3.24. The standard InChI is InChI=1S/C17H20N2O/c20-17(12-5-1-2-6-12)19-10-9-14-13-7-3-4-8-15(13)18-16(14)11-19/h3-4,7-8,12,18H,1-2,5-6,9-11H2. The van der Waals surface area contributed by atoms with E-state index in [1.165, 1.54) is 35.0 Å². The average molecular weight is 268 g/mol. The third-order valence-corrected chi connectivity index (χ3v) is 4.90. The molecule has 104 valence electrons. The molecule has 1 N–H and O–H groups in total. The normalized spacial score (nSPS) is 19.5. The van der Waals surface area contributed by atoms with E-state index in [0.29, 0.717) is 11.8 Å². The molecule has 1 aromatic heterocycles. The Bertz CT molecular complexity index is 652. The zero-order chi connectivity index (χ0) is 13.5. The number of aromatic nitrogens is 1. The van der Waals surface area contributed by atoms with Crippen LogP contribution in [-0.4, -0.2) is 22.3 Å². The van der Waals surface area contributed by atoms with Gasteiger partial charge >= 0.3 is 0 Å². The Balaban J connectivity index is 1.61. The lowest BCUT2D eigenvalue weighted by Crippen LogP contribution is -2.39. The molecule has 2 heterocycles. The number of nitrogens with one attached hydrogen (secondary N) is 1. The summed E-state index contributed by atoms with van der Waals surface area (Å²) in [7, 11) is 0. The monoisotopic (exact) mass is 268 g/mol. The Morgan fingerprint density at radius 1 is 1.20 bits per heavy atom. The van der Waals surface area contributed by atoms with Crippen LogP contribution in [0.5, 0.6) is 0 Å². The van der Waals surface area contributed by atoms with Crippen LogP contribution in [0.25, 0.3) is 10.9 Å². The van der Waals surface area contributed by atoms with Gasteiger partial charge in [-0.2, -0.15) is 0 Å². The quantitative estimate of drug-likeness (QED) is 0.846. The highest BCUT2D eigenvalue weighted by Gasteiger charge is 2.30. The third kappa shape index (κ3) is 1.84. The van der Waals surface area contributed by atoms with Gasteiger partial charge in [0.15, 0.2) is 0 Å². The highest BCUT2D eigenvalue weighted by atomic mass is 16.2. The van der Waals surface area contributed by atoms with Crippen LogP contribution in [0, 0.1) is 5.92 Å². The summed E-state index contributed by atoms with van der Waals surface area (Å²) in [5.74, 6) is 0.674. The van der Waals surface area contributed by atoms with E-state index >= 15 is 0 Å². The Kier molecular flexibility index (Phi) is 2.79. The predicted molar refractivity (Wildman–Crippen MR) is 79.4 cm³/mol. The molecule has 0 spiro atoms. The number of H-pyrrole nitrogens is 1. The van der Waals surface area contributed by atoms with Gasteiger partial charge in [0.2, 0.25) is 5.91 Å². The van der Waals surface area contributed by atoms with Crippen LogP contribution in [0.3, 0.4) is 0 Å². The molecular weight excluding hydrogens is 248 g/mol. The number of nitrogens with zero attached hydrogens (tertiary/aromatic N) is 1. The molecule has 1 fully saturated rings. The lowest BCUT2D eigenvalue weighted by atomic mass is 10.0. The first-order chi connectivity index (χ1) is 9.83. The van der Waals surface area contributed by atoms with Crippen molar-refractivity contribution in [2.24, 2.45) is 5.92 Å². The molecule has 4 rings (SSSR count). The number of rotatable bonds is 1. The number of carbonyl (C=O) groups excluding carboxylic acids is 1. The van der Waals surface area contributed by atoms with Crippen LogP contribution >= 0.6 is 0 Å². The zero-order valence-corrected chi connectivity index (χ0v) is 11.7. The van der Waals surface area contributed by atoms with Gasteiger partial charge in [-0.05, 0) is 30.9 Å². The number of hydrogen-bond donors (Lipinski definition) is 1. The van der Waals surface area contributed by atoms with E-state index < -0.39 is 0 Å². The van der Waals surface area contributed by atoms with Crippen molar-refractivity contribution in [2.45, 2.75) is 38.6 Å². The van der Waals surface area contributed by atoms with Gasteiger partial charge in [-0.15, -0.1) is 0 Å². The number of amides is 1. The average Bonchev–Trinajstić information content (AvgIpc) is 3.13. The van der Waals surface area contributed by atoms with Crippen molar-refractivity contribution in [2.75, 3.05) is 6.54 Å². The van der Waals surface area contributed by atoms with Crippen LogP contribution in [-0.2, 0) is 17.8 Å². The van der Waals surface area contributed by atoms with E-state index in [0.717, 1.165) is 32.4 Å². The molecule has 1 aliphatic heterocycles. The first kappa shape index (κ1) is 12.0. The van der Waals surface area contributed by atoms with Gasteiger partial charge < -0.3 is 9.88 Å². The molecule has 0 atom stereocenters. The highest BCUT2D eigenvalue weighted by Crippen LogP contribution is 2.31. The maximum Gasteiger partial charge on any atom is 0.226 e. The first-order valence-electron chi connectivity index (χ1n) is 7.70. The van der Waals surface area contributed by atoms with Crippen molar-refractivity contribution in [3.63, 3.8) is 0 Å². The van der Waals surface area contributed by atoms with Gasteiger partial charge in [0.1, 0.15) is 0 Å². The summed E-state index contributed by atoms with van der Waals surface area (Å²) in [5.41, 5.74) is 3.85. The molecule has 0 unspecified atom stereocenters. The maximum absolute atomic E-state index is 12.5. The number of benzene rings is 1. The van der Waals surface area contributed by atoms with Crippen LogP contribution in [0.4, 0.5) is 0 Å². The Hall–Kier alpha value is -1.77. The fraction of sp³-hybridized carbons (Fsp3) is 0.471. The summed E-state index contributed by atoms with van der Waals surface area (Å²) in [6, 6.07) is 8.45. The lowest BCUT2D eigenvalue weighted by Gasteiger charge is -2.29.